The van der Waals surface area contributed by atoms with E-state index in [1.807, 2.05) is 65.8 Å². The number of rotatable bonds is 4. The van der Waals surface area contributed by atoms with E-state index >= 15 is 0 Å². The van der Waals surface area contributed by atoms with Crippen molar-refractivity contribution in [3.8, 4) is 0 Å². The van der Waals surface area contributed by atoms with Crippen LogP contribution >= 0.6 is 15.9 Å². The normalized spacial score (nSPS) is 18.3. The molecule has 0 unspecified atom stereocenters. The van der Waals surface area contributed by atoms with Crippen molar-refractivity contribution >= 4 is 39.0 Å². The number of carbonyl (C=O) groups is 2. The fraction of sp³-hybridized carbons (Fsp3) is 0.583. The fourth-order valence-corrected chi connectivity index (χ4v) is 4.19. The number of furan rings is 1. The molecule has 0 spiro atoms. The number of likely N-dealkylation sites (tertiary alicyclic amines) is 1. The predicted molar refractivity (Wildman–Crippen MR) is 123 cm³/mol. The van der Waals surface area contributed by atoms with Crippen molar-refractivity contribution in [3.05, 3.63) is 34.5 Å². The number of benzene rings is 1. The second-order valence-corrected chi connectivity index (χ2v) is 11.1. The molecule has 2 atom stereocenters. The van der Waals surface area contributed by atoms with Crippen molar-refractivity contribution < 1.29 is 23.5 Å². The Labute approximate surface area is 192 Å². The number of ether oxygens (including phenoxy) is 2. The lowest BCUT2D eigenvalue weighted by Gasteiger charge is -2.27. The second kappa shape index (κ2) is 8.85. The molecule has 2 aromatic rings. The molecule has 1 fully saturated rings. The molecule has 0 aliphatic carbocycles. The maximum atomic E-state index is 13.1. The molecule has 1 aliphatic heterocycles. The number of carbonyl (C=O) groups excluding carboxylic acids is 2. The van der Waals surface area contributed by atoms with Gasteiger partial charge in [0.1, 0.15) is 22.5 Å². The van der Waals surface area contributed by atoms with Crippen LogP contribution in [-0.2, 0) is 20.7 Å². The van der Waals surface area contributed by atoms with E-state index in [4.69, 9.17) is 13.9 Å². The Kier molecular flexibility index (Phi) is 6.75. The highest BCUT2D eigenvalue weighted by molar-refractivity contribution is 9.10. The maximum absolute atomic E-state index is 13.1. The predicted octanol–water partition coefficient (Wildman–Crippen LogP) is 5.95. The number of esters is 1. The van der Waals surface area contributed by atoms with Crippen molar-refractivity contribution in [1.29, 1.82) is 0 Å². The Morgan fingerprint density at radius 2 is 1.81 bits per heavy atom. The Morgan fingerprint density at radius 3 is 2.45 bits per heavy atom. The molecule has 1 aromatic carbocycles. The third-order valence-corrected chi connectivity index (χ3v) is 5.60. The van der Waals surface area contributed by atoms with Crippen LogP contribution in [0.15, 0.2) is 33.2 Å². The van der Waals surface area contributed by atoms with Gasteiger partial charge in [0.2, 0.25) is 0 Å². The summed E-state index contributed by atoms with van der Waals surface area (Å²) in [5.74, 6) is 0.0443. The van der Waals surface area contributed by atoms with E-state index in [0.717, 1.165) is 27.6 Å². The third-order valence-electron chi connectivity index (χ3n) is 5.11. The second-order valence-electron chi connectivity index (χ2n) is 10.2. The monoisotopic (exact) mass is 493 g/mol. The number of hydrogen-bond acceptors (Lipinski definition) is 5. The molecule has 0 saturated carbocycles. The van der Waals surface area contributed by atoms with Crippen LogP contribution in [0.3, 0.4) is 0 Å². The minimum absolute atomic E-state index is 0.0256. The number of halogens is 1. The summed E-state index contributed by atoms with van der Waals surface area (Å²) in [6, 6.07) is 7.80. The van der Waals surface area contributed by atoms with Crippen LogP contribution in [0.1, 0.15) is 53.7 Å². The van der Waals surface area contributed by atoms with Crippen molar-refractivity contribution in [3.63, 3.8) is 0 Å². The number of nitrogens with zero attached hydrogens (tertiary/aromatic N) is 1. The van der Waals surface area contributed by atoms with E-state index in [1.54, 1.807) is 4.90 Å². The number of fused-ring (bicyclic) bond motifs is 1. The highest BCUT2D eigenvalue weighted by Gasteiger charge is 2.39. The molecule has 1 saturated heterocycles. The third kappa shape index (κ3) is 6.48. The summed E-state index contributed by atoms with van der Waals surface area (Å²) >= 11 is 3.48. The van der Waals surface area contributed by atoms with Crippen LogP contribution in [0.4, 0.5) is 4.79 Å². The minimum Gasteiger partial charge on any atom is -0.461 e. The van der Waals surface area contributed by atoms with Gasteiger partial charge in [0.15, 0.2) is 0 Å². The summed E-state index contributed by atoms with van der Waals surface area (Å²) < 4.78 is 18.2. The zero-order chi connectivity index (χ0) is 23.0. The summed E-state index contributed by atoms with van der Waals surface area (Å²) in [6.45, 7) is 12.2. The first-order valence-electron chi connectivity index (χ1n) is 10.7. The van der Waals surface area contributed by atoms with E-state index in [2.05, 4.69) is 15.9 Å². The summed E-state index contributed by atoms with van der Waals surface area (Å²) in [6.07, 6.45) is 0.801. The molecule has 170 valence electrons. The zero-order valence-electron chi connectivity index (χ0n) is 19.2. The Balaban J connectivity index is 1.79. The minimum atomic E-state index is -0.586. The standard InChI is InChI=1S/C24H32BrNO5/c1-23(2,3)30-21(27)19(13-18-12-16-11-17(25)7-8-20(16)29-18)15-9-10-26(14-15)22(28)31-24(4,5)6/h7-8,11-12,15,19H,9-10,13-14H2,1-6H3/t15-,19-/m0/s1. The van der Waals surface area contributed by atoms with E-state index in [-0.39, 0.29) is 18.0 Å². The van der Waals surface area contributed by atoms with Gasteiger partial charge in [-0.15, -0.1) is 0 Å². The Bertz CT molecular complexity index is 953. The molecular formula is C24H32BrNO5. The van der Waals surface area contributed by atoms with Crippen LogP contribution in [0.5, 0.6) is 0 Å². The molecule has 7 heteroatoms. The quantitative estimate of drug-likeness (QED) is 0.491. The molecule has 1 aromatic heterocycles. The van der Waals surface area contributed by atoms with Gasteiger partial charge in [-0.3, -0.25) is 4.79 Å². The maximum Gasteiger partial charge on any atom is 0.410 e. The topological polar surface area (TPSA) is 69.0 Å². The van der Waals surface area contributed by atoms with E-state index in [0.29, 0.717) is 19.5 Å². The van der Waals surface area contributed by atoms with E-state index in [1.165, 1.54) is 0 Å². The number of amides is 1. The Hall–Kier alpha value is -2.02. The SMILES string of the molecule is CC(C)(C)OC(=O)[C@@H](Cc1cc2cc(Br)ccc2o1)[C@H]1CCN(C(=O)OC(C)(C)C)C1. The number of hydrogen-bond donors (Lipinski definition) is 0. The van der Waals surface area contributed by atoms with Crippen LogP contribution in [-0.4, -0.2) is 41.3 Å². The van der Waals surface area contributed by atoms with Crippen LogP contribution in [0.2, 0.25) is 0 Å². The molecule has 1 amide bonds. The van der Waals surface area contributed by atoms with Gasteiger partial charge >= 0.3 is 12.1 Å². The van der Waals surface area contributed by atoms with Crippen molar-refractivity contribution in [2.24, 2.45) is 11.8 Å². The molecule has 1 aliphatic rings. The molecule has 6 nitrogen and oxygen atoms in total. The smallest absolute Gasteiger partial charge is 0.410 e. The Morgan fingerprint density at radius 1 is 1.13 bits per heavy atom. The lowest BCUT2D eigenvalue weighted by Crippen LogP contribution is -2.38. The summed E-state index contributed by atoms with van der Waals surface area (Å²) in [7, 11) is 0. The lowest BCUT2D eigenvalue weighted by atomic mass is 9.87. The molecule has 0 N–H and O–H groups in total. The first-order chi connectivity index (χ1) is 14.3. The summed E-state index contributed by atoms with van der Waals surface area (Å²) in [5.41, 5.74) is -0.359. The zero-order valence-corrected chi connectivity index (χ0v) is 20.7. The molecule has 0 radical (unpaired) electrons. The highest BCUT2D eigenvalue weighted by Crippen LogP contribution is 2.32. The average molecular weight is 494 g/mol. The summed E-state index contributed by atoms with van der Waals surface area (Å²) in [4.78, 5) is 27.3. The van der Waals surface area contributed by atoms with Crippen LogP contribution in [0.25, 0.3) is 11.0 Å². The van der Waals surface area contributed by atoms with E-state index in [9.17, 15) is 9.59 Å². The van der Waals surface area contributed by atoms with Crippen molar-refractivity contribution in [2.75, 3.05) is 13.1 Å². The van der Waals surface area contributed by atoms with Gasteiger partial charge < -0.3 is 18.8 Å². The van der Waals surface area contributed by atoms with Gasteiger partial charge in [0, 0.05) is 29.4 Å². The largest absolute Gasteiger partial charge is 0.461 e. The molecule has 3 rings (SSSR count). The van der Waals surface area contributed by atoms with Crippen molar-refractivity contribution in [1.82, 2.24) is 4.90 Å². The molecule has 31 heavy (non-hydrogen) atoms. The first-order valence-corrected chi connectivity index (χ1v) is 11.5. The van der Waals surface area contributed by atoms with Gasteiger partial charge in [0.25, 0.3) is 0 Å². The van der Waals surface area contributed by atoms with Crippen LogP contribution < -0.4 is 0 Å². The van der Waals surface area contributed by atoms with Gasteiger partial charge in [-0.1, -0.05) is 15.9 Å². The highest BCUT2D eigenvalue weighted by atomic mass is 79.9. The van der Waals surface area contributed by atoms with E-state index < -0.39 is 17.1 Å². The van der Waals surface area contributed by atoms with Gasteiger partial charge in [-0.25, -0.2) is 4.79 Å². The van der Waals surface area contributed by atoms with Gasteiger partial charge in [-0.2, -0.15) is 0 Å². The van der Waals surface area contributed by atoms with Crippen LogP contribution in [0, 0.1) is 11.8 Å². The first kappa shape index (κ1) is 23.6. The summed E-state index contributed by atoms with van der Waals surface area (Å²) in [5, 5.41) is 0.981. The lowest BCUT2D eigenvalue weighted by molar-refractivity contribution is -0.162. The average Bonchev–Trinajstić information content (AvgIpc) is 3.22. The fourth-order valence-electron chi connectivity index (χ4n) is 3.81. The van der Waals surface area contributed by atoms with Gasteiger partial charge in [0.05, 0.1) is 5.92 Å². The molecule has 0 bridgehead atoms. The molecular weight excluding hydrogens is 462 g/mol. The van der Waals surface area contributed by atoms with Crippen molar-refractivity contribution in [2.45, 2.75) is 65.6 Å². The molecule has 2 heterocycles. The van der Waals surface area contributed by atoms with Gasteiger partial charge in [-0.05, 0) is 78.1 Å².